The minimum atomic E-state index is -0.851. The largest absolute Gasteiger partial charge is 0.504 e. The van der Waals surface area contributed by atoms with Crippen molar-refractivity contribution >= 4 is 16.7 Å². The fourth-order valence-electron chi connectivity index (χ4n) is 2.35. The number of aromatic nitrogens is 2. The van der Waals surface area contributed by atoms with Crippen LogP contribution >= 0.6 is 0 Å². The van der Waals surface area contributed by atoms with Gasteiger partial charge in [0.1, 0.15) is 5.69 Å². The number of nitro groups is 1. The van der Waals surface area contributed by atoms with Gasteiger partial charge in [-0.25, -0.2) is 4.98 Å². The van der Waals surface area contributed by atoms with Crippen molar-refractivity contribution in [2.24, 2.45) is 7.05 Å². The third-order valence-electron chi connectivity index (χ3n) is 3.52. The van der Waals surface area contributed by atoms with Gasteiger partial charge in [-0.3, -0.25) is 14.9 Å². The first-order chi connectivity index (χ1) is 10.9. The molecule has 0 amide bonds. The molecule has 3 aromatic rings. The number of hydrogen-bond acceptors (Lipinski definition) is 6. The fraction of sp³-hybridized carbons (Fsp3) is 0.0667. The van der Waals surface area contributed by atoms with Gasteiger partial charge in [0.05, 0.1) is 16.0 Å². The standard InChI is InChI=1S/C15H11N3O5/c1-17-10-5-3-2-4-9(10)16-13(15(17)21)8-6-11(18(22)23)14(20)12(19)7-8/h2-7,19-20H,1H3. The van der Waals surface area contributed by atoms with Gasteiger partial charge < -0.3 is 14.8 Å². The summed E-state index contributed by atoms with van der Waals surface area (Å²) in [5.41, 5.74) is -0.0263. The Balaban J connectivity index is 2.36. The number of aromatic hydroxyl groups is 2. The summed E-state index contributed by atoms with van der Waals surface area (Å²) in [4.78, 5) is 26.8. The Labute approximate surface area is 129 Å². The number of para-hydroxylation sites is 2. The fourth-order valence-corrected chi connectivity index (χ4v) is 2.35. The van der Waals surface area contributed by atoms with Crippen LogP contribution in [0.5, 0.6) is 11.5 Å². The molecule has 23 heavy (non-hydrogen) atoms. The summed E-state index contributed by atoms with van der Waals surface area (Å²) in [7, 11) is 1.56. The third kappa shape index (κ3) is 2.26. The van der Waals surface area contributed by atoms with Crippen LogP contribution in [0, 0.1) is 10.1 Å². The molecule has 0 aliphatic rings. The predicted molar refractivity (Wildman–Crippen MR) is 82.4 cm³/mol. The quantitative estimate of drug-likeness (QED) is 0.424. The van der Waals surface area contributed by atoms with E-state index in [1.165, 1.54) is 4.57 Å². The summed E-state index contributed by atoms with van der Waals surface area (Å²) < 4.78 is 1.37. The molecule has 2 N–H and O–H groups in total. The lowest BCUT2D eigenvalue weighted by Gasteiger charge is -2.08. The summed E-state index contributed by atoms with van der Waals surface area (Å²) >= 11 is 0. The van der Waals surface area contributed by atoms with Crippen molar-refractivity contribution in [2.75, 3.05) is 0 Å². The second-order valence-electron chi connectivity index (χ2n) is 4.93. The average Bonchev–Trinajstić information content (AvgIpc) is 2.53. The van der Waals surface area contributed by atoms with Crippen LogP contribution in [0.3, 0.4) is 0 Å². The van der Waals surface area contributed by atoms with Crippen molar-refractivity contribution in [1.82, 2.24) is 9.55 Å². The topological polar surface area (TPSA) is 118 Å². The Morgan fingerprint density at radius 1 is 1.22 bits per heavy atom. The molecular formula is C15H11N3O5. The molecule has 8 nitrogen and oxygen atoms in total. The molecule has 0 unspecified atom stereocenters. The summed E-state index contributed by atoms with van der Waals surface area (Å²) in [5, 5.41) is 30.2. The normalized spacial score (nSPS) is 10.8. The summed E-state index contributed by atoms with van der Waals surface area (Å²) in [6.07, 6.45) is 0. The average molecular weight is 313 g/mol. The Morgan fingerprint density at radius 3 is 2.61 bits per heavy atom. The highest BCUT2D eigenvalue weighted by Crippen LogP contribution is 2.38. The van der Waals surface area contributed by atoms with Gasteiger partial charge in [-0.15, -0.1) is 0 Å². The second kappa shape index (κ2) is 5.09. The van der Waals surface area contributed by atoms with E-state index in [-0.39, 0.29) is 11.3 Å². The number of nitro benzene ring substituents is 1. The Morgan fingerprint density at radius 2 is 1.91 bits per heavy atom. The van der Waals surface area contributed by atoms with Gasteiger partial charge >= 0.3 is 5.69 Å². The van der Waals surface area contributed by atoms with Gasteiger partial charge in [0.15, 0.2) is 5.75 Å². The molecule has 0 bridgehead atoms. The molecule has 0 atom stereocenters. The maximum absolute atomic E-state index is 12.4. The monoisotopic (exact) mass is 313 g/mol. The second-order valence-corrected chi connectivity index (χ2v) is 4.93. The molecule has 0 saturated carbocycles. The molecule has 1 aromatic heterocycles. The molecule has 0 spiro atoms. The van der Waals surface area contributed by atoms with Crippen LogP contribution in [0.2, 0.25) is 0 Å². The Bertz CT molecular complexity index is 1010. The molecule has 116 valence electrons. The number of hydrogen-bond donors (Lipinski definition) is 2. The van der Waals surface area contributed by atoms with Crippen molar-refractivity contribution in [3.63, 3.8) is 0 Å². The molecule has 0 fully saturated rings. The molecule has 0 radical (unpaired) electrons. The van der Waals surface area contributed by atoms with E-state index in [0.717, 1.165) is 12.1 Å². The van der Waals surface area contributed by atoms with Crippen LogP contribution in [0.4, 0.5) is 5.69 Å². The maximum atomic E-state index is 12.4. The highest BCUT2D eigenvalue weighted by Gasteiger charge is 2.21. The van der Waals surface area contributed by atoms with Crippen LogP contribution in [0.1, 0.15) is 0 Å². The van der Waals surface area contributed by atoms with E-state index in [2.05, 4.69) is 4.98 Å². The van der Waals surface area contributed by atoms with Gasteiger partial charge in [-0.2, -0.15) is 0 Å². The minimum Gasteiger partial charge on any atom is -0.504 e. The minimum absolute atomic E-state index is 0.0513. The molecule has 0 saturated heterocycles. The predicted octanol–water partition coefficient (Wildman–Crippen LogP) is 1.92. The first-order valence-electron chi connectivity index (χ1n) is 6.56. The van der Waals surface area contributed by atoms with E-state index in [9.17, 15) is 25.1 Å². The number of fused-ring (bicyclic) bond motifs is 1. The van der Waals surface area contributed by atoms with Crippen molar-refractivity contribution in [3.8, 4) is 22.8 Å². The lowest BCUT2D eigenvalue weighted by atomic mass is 10.1. The number of rotatable bonds is 2. The number of nitrogens with zero attached hydrogens (tertiary/aromatic N) is 3. The van der Waals surface area contributed by atoms with E-state index in [1.807, 2.05) is 0 Å². The first-order valence-corrected chi connectivity index (χ1v) is 6.56. The number of aryl methyl sites for hydroxylation is 1. The van der Waals surface area contributed by atoms with Crippen molar-refractivity contribution in [1.29, 1.82) is 0 Å². The lowest BCUT2D eigenvalue weighted by Crippen LogP contribution is -2.20. The number of benzene rings is 2. The highest BCUT2D eigenvalue weighted by molar-refractivity contribution is 5.79. The molecular weight excluding hydrogens is 302 g/mol. The molecule has 0 aliphatic carbocycles. The van der Waals surface area contributed by atoms with Crippen LogP contribution in [-0.4, -0.2) is 24.7 Å². The van der Waals surface area contributed by atoms with Gasteiger partial charge in [0.2, 0.25) is 5.75 Å². The third-order valence-corrected chi connectivity index (χ3v) is 3.52. The number of phenols is 2. The van der Waals surface area contributed by atoms with Crippen LogP contribution in [0.15, 0.2) is 41.2 Å². The zero-order valence-corrected chi connectivity index (χ0v) is 11.9. The lowest BCUT2D eigenvalue weighted by molar-refractivity contribution is -0.385. The number of phenolic OH excluding ortho intramolecular Hbond substituents is 2. The summed E-state index contributed by atoms with van der Waals surface area (Å²) in [5.74, 6) is -1.54. The first kappa shape index (κ1) is 14.5. The molecule has 3 rings (SSSR count). The van der Waals surface area contributed by atoms with Crippen LogP contribution < -0.4 is 5.56 Å². The zero-order chi connectivity index (χ0) is 16.7. The summed E-state index contributed by atoms with van der Waals surface area (Å²) in [6.45, 7) is 0. The molecule has 1 heterocycles. The van der Waals surface area contributed by atoms with Gasteiger partial charge in [0.25, 0.3) is 5.56 Å². The maximum Gasteiger partial charge on any atom is 0.315 e. The smallest absolute Gasteiger partial charge is 0.315 e. The SMILES string of the molecule is Cn1c(=O)c(-c2cc(O)c(O)c([N+](=O)[O-])c2)nc2ccccc21. The van der Waals surface area contributed by atoms with Gasteiger partial charge in [0, 0.05) is 18.7 Å². The molecule has 8 heteroatoms. The Kier molecular flexibility index (Phi) is 3.21. The van der Waals surface area contributed by atoms with E-state index < -0.39 is 27.7 Å². The van der Waals surface area contributed by atoms with E-state index in [1.54, 1.807) is 31.3 Å². The van der Waals surface area contributed by atoms with Gasteiger partial charge in [-0.1, -0.05) is 12.1 Å². The van der Waals surface area contributed by atoms with Crippen LogP contribution in [0.25, 0.3) is 22.3 Å². The van der Waals surface area contributed by atoms with Crippen LogP contribution in [-0.2, 0) is 7.05 Å². The van der Waals surface area contributed by atoms with Gasteiger partial charge in [-0.05, 0) is 18.2 Å². The highest BCUT2D eigenvalue weighted by atomic mass is 16.6. The Hall–Kier alpha value is -3.42. The van der Waals surface area contributed by atoms with E-state index >= 15 is 0 Å². The van der Waals surface area contributed by atoms with E-state index in [0.29, 0.717) is 11.0 Å². The van der Waals surface area contributed by atoms with Crippen molar-refractivity contribution in [2.45, 2.75) is 0 Å². The van der Waals surface area contributed by atoms with Crippen molar-refractivity contribution < 1.29 is 15.1 Å². The zero-order valence-electron chi connectivity index (χ0n) is 11.9. The molecule has 0 aliphatic heterocycles. The van der Waals surface area contributed by atoms with E-state index in [4.69, 9.17) is 0 Å². The summed E-state index contributed by atoms with van der Waals surface area (Å²) in [6, 6.07) is 9.02. The van der Waals surface area contributed by atoms with Crippen molar-refractivity contribution in [3.05, 3.63) is 56.9 Å². The molecule has 2 aromatic carbocycles.